The molecule has 0 aliphatic carbocycles. The first-order chi connectivity index (χ1) is 19.7. The number of rotatable bonds is 6. The molecule has 0 saturated heterocycles. The largest absolute Gasteiger partial charge is 0.491 e. The Labute approximate surface area is 240 Å². The maximum absolute atomic E-state index is 12.2. The smallest absolute Gasteiger partial charge is 0.413 e. The second kappa shape index (κ2) is 10.6. The van der Waals surface area contributed by atoms with Gasteiger partial charge >= 0.3 is 6.09 Å². The van der Waals surface area contributed by atoms with Crippen molar-refractivity contribution < 1.29 is 19.1 Å². The molecule has 5 heterocycles. The first-order valence-electron chi connectivity index (χ1n) is 13.7. The quantitative estimate of drug-likeness (QED) is 0.237. The van der Waals surface area contributed by atoms with E-state index in [4.69, 9.17) is 19.4 Å². The molecule has 12 heteroatoms. The van der Waals surface area contributed by atoms with Crippen LogP contribution in [0.15, 0.2) is 36.7 Å². The summed E-state index contributed by atoms with van der Waals surface area (Å²) in [5.41, 5.74) is 4.30. The number of fused-ring (bicyclic) bond motifs is 1. The molecule has 0 bridgehead atoms. The monoisotopic (exact) mass is 573 g/mol. The lowest BCUT2D eigenvalue weighted by atomic mass is 10.1. The normalized spacial score (nSPS) is 14.3. The van der Waals surface area contributed by atoms with Gasteiger partial charge in [0.15, 0.2) is 11.0 Å². The molecular weight excluding hydrogens is 542 g/mol. The van der Waals surface area contributed by atoms with Gasteiger partial charge in [-0.15, -0.1) is 0 Å². The van der Waals surface area contributed by atoms with Crippen molar-refractivity contribution in [3.8, 4) is 28.4 Å². The Kier molecular flexibility index (Phi) is 6.94. The number of hydrogen-bond acceptors (Lipinski definition) is 9. The first kappa shape index (κ1) is 26.9. The number of thiazole rings is 1. The summed E-state index contributed by atoms with van der Waals surface area (Å²) in [7, 11) is 0. The summed E-state index contributed by atoms with van der Waals surface area (Å²) in [6, 6.07) is 7.54. The first-order valence-corrected chi connectivity index (χ1v) is 14.5. The number of aldehydes is 1. The standard InChI is InChI=1S/C29H31N7O4S/c1-5-19(16-37)36-15-18(14-30-36)17-12-22-24-23(13-17)39-11-7-6-10-35(24)25(31-22)20-8-9-21-26(32-20)41-27(33-21)34-28(38)40-29(2,3)4/h8-9,12-16,19H,5-7,10-11H2,1-4H3,(H,33,34,38). The number of anilines is 1. The average molecular weight is 574 g/mol. The molecule has 1 aromatic carbocycles. The van der Waals surface area contributed by atoms with Crippen molar-refractivity contribution in [3.63, 3.8) is 0 Å². The number of pyridine rings is 1. The van der Waals surface area contributed by atoms with Crippen LogP contribution < -0.4 is 10.1 Å². The lowest BCUT2D eigenvalue weighted by molar-refractivity contribution is -0.110. The van der Waals surface area contributed by atoms with E-state index in [1.807, 2.05) is 58.2 Å². The van der Waals surface area contributed by atoms with Gasteiger partial charge in [0, 0.05) is 18.3 Å². The number of carbonyl (C=O) groups excluding carboxylic acids is 2. The lowest BCUT2D eigenvalue weighted by Crippen LogP contribution is -2.27. The van der Waals surface area contributed by atoms with Crippen LogP contribution in [0.4, 0.5) is 9.93 Å². The maximum atomic E-state index is 12.2. The lowest BCUT2D eigenvalue weighted by Gasteiger charge is -2.18. The minimum absolute atomic E-state index is 0.299. The molecule has 1 amide bonds. The number of carbonyl (C=O) groups is 2. The molecule has 0 saturated carbocycles. The number of ether oxygens (including phenoxy) is 2. The summed E-state index contributed by atoms with van der Waals surface area (Å²) in [4.78, 5) is 38.8. The minimum Gasteiger partial charge on any atom is -0.491 e. The van der Waals surface area contributed by atoms with E-state index in [1.54, 1.807) is 10.9 Å². The Hall–Kier alpha value is -4.32. The van der Waals surface area contributed by atoms with Gasteiger partial charge in [-0.2, -0.15) is 5.10 Å². The summed E-state index contributed by atoms with van der Waals surface area (Å²) in [5.74, 6) is 1.50. The van der Waals surface area contributed by atoms with Crippen LogP contribution in [0.5, 0.6) is 5.75 Å². The number of nitrogens with one attached hydrogen (secondary N) is 1. The number of imidazole rings is 1. The van der Waals surface area contributed by atoms with E-state index in [0.29, 0.717) is 34.2 Å². The van der Waals surface area contributed by atoms with Gasteiger partial charge in [-0.3, -0.25) is 10.00 Å². The van der Waals surface area contributed by atoms with Gasteiger partial charge in [0.25, 0.3) is 0 Å². The molecule has 0 fully saturated rings. The van der Waals surface area contributed by atoms with Crippen LogP contribution in [-0.2, 0) is 16.1 Å². The number of nitrogens with zero attached hydrogens (tertiary/aromatic N) is 6. The van der Waals surface area contributed by atoms with Crippen LogP contribution in [0.3, 0.4) is 0 Å². The molecule has 212 valence electrons. The fourth-order valence-corrected chi connectivity index (χ4v) is 5.70. The average Bonchev–Trinajstić information content (AvgIpc) is 3.62. The summed E-state index contributed by atoms with van der Waals surface area (Å²) >= 11 is 1.28. The highest BCUT2D eigenvalue weighted by Crippen LogP contribution is 2.37. The van der Waals surface area contributed by atoms with Gasteiger partial charge in [0.1, 0.15) is 45.2 Å². The van der Waals surface area contributed by atoms with Crippen LogP contribution >= 0.6 is 11.3 Å². The molecule has 11 nitrogen and oxygen atoms in total. The van der Waals surface area contributed by atoms with Gasteiger partial charge in [0.05, 0.1) is 18.3 Å². The van der Waals surface area contributed by atoms with E-state index in [0.717, 1.165) is 59.4 Å². The van der Waals surface area contributed by atoms with E-state index in [2.05, 4.69) is 20.0 Å². The number of aromatic nitrogens is 6. The highest BCUT2D eigenvalue weighted by molar-refractivity contribution is 7.21. The Balaban J connectivity index is 1.39. The highest BCUT2D eigenvalue weighted by atomic mass is 32.1. The van der Waals surface area contributed by atoms with E-state index in [1.165, 1.54) is 11.3 Å². The van der Waals surface area contributed by atoms with Crippen LogP contribution in [0.2, 0.25) is 0 Å². The Morgan fingerprint density at radius 1 is 1.17 bits per heavy atom. The minimum atomic E-state index is -0.607. The Morgan fingerprint density at radius 3 is 2.80 bits per heavy atom. The third-order valence-electron chi connectivity index (χ3n) is 6.78. The van der Waals surface area contributed by atoms with E-state index in [-0.39, 0.29) is 6.04 Å². The van der Waals surface area contributed by atoms with Crippen molar-refractivity contribution in [1.82, 2.24) is 29.3 Å². The molecule has 0 spiro atoms. The number of amides is 1. The molecule has 4 aromatic heterocycles. The summed E-state index contributed by atoms with van der Waals surface area (Å²) in [6.45, 7) is 8.80. The van der Waals surface area contributed by atoms with Gasteiger partial charge in [0.2, 0.25) is 0 Å². The molecule has 6 rings (SSSR count). The van der Waals surface area contributed by atoms with Crippen molar-refractivity contribution in [1.29, 1.82) is 0 Å². The maximum Gasteiger partial charge on any atom is 0.413 e. The zero-order chi connectivity index (χ0) is 28.7. The fourth-order valence-electron chi connectivity index (χ4n) is 4.87. The second-order valence-electron chi connectivity index (χ2n) is 11.0. The number of benzene rings is 1. The van der Waals surface area contributed by atoms with Crippen molar-refractivity contribution >= 4 is 50.2 Å². The van der Waals surface area contributed by atoms with Crippen LogP contribution in [0.25, 0.3) is 44.0 Å². The molecule has 1 aliphatic rings. The number of hydrogen-bond donors (Lipinski definition) is 1. The van der Waals surface area contributed by atoms with Gasteiger partial charge in [-0.25, -0.2) is 19.7 Å². The van der Waals surface area contributed by atoms with E-state index >= 15 is 0 Å². The summed E-state index contributed by atoms with van der Waals surface area (Å²) < 4.78 is 15.4. The topological polar surface area (TPSA) is 126 Å². The Bertz CT molecular complexity index is 1760. The van der Waals surface area contributed by atoms with Crippen molar-refractivity contribution in [2.75, 3.05) is 11.9 Å². The zero-order valence-corrected chi connectivity index (χ0v) is 24.2. The zero-order valence-electron chi connectivity index (χ0n) is 23.4. The Morgan fingerprint density at radius 2 is 2.02 bits per heavy atom. The van der Waals surface area contributed by atoms with Crippen molar-refractivity contribution in [2.24, 2.45) is 0 Å². The molecule has 1 atom stereocenters. The number of aryl methyl sites for hydroxylation is 1. The summed E-state index contributed by atoms with van der Waals surface area (Å²) in [6.07, 6.45) is 6.54. The fraction of sp³-hybridized carbons (Fsp3) is 0.379. The van der Waals surface area contributed by atoms with Gasteiger partial charge < -0.3 is 18.8 Å². The molecule has 1 aliphatic heterocycles. The molecule has 5 aromatic rings. The van der Waals surface area contributed by atoms with Crippen molar-refractivity contribution in [3.05, 3.63) is 36.7 Å². The highest BCUT2D eigenvalue weighted by Gasteiger charge is 2.23. The summed E-state index contributed by atoms with van der Waals surface area (Å²) in [5, 5.41) is 7.55. The van der Waals surface area contributed by atoms with E-state index < -0.39 is 11.7 Å². The molecule has 1 N–H and O–H groups in total. The van der Waals surface area contributed by atoms with Crippen LogP contribution in [-0.4, -0.2) is 53.9 Å². The molecule has 1 unspecified atom stereocenters. The van der Waals surface area contributed by atoms with Crippen LogP contribution in [0, 0.1) is 0 Å². The van der Waals surface area contributed by atoms with E-state index in [9.17, 15) is 9.59 Å². The van der Waals surface area contributed by atoms with Crippen molar-refractivity contribution in [2.45, 2.75) is 65.1 Å². The predicted octanol–water partition coefficient (Wildman–Crippen LogP) is 6.24. The second-order valence-corrected chi connectivity index (χ2v) is 11.9. The van der Waals surface area contributed by atoms with Gasteiger partial charge in [-0.1, -0.05) is 18.3 Å². The SMILES string of the molecule is CCC(C=O)n1cc(-c2cc3c4c(c2)nc(-c2ccc5nc(NC(=O)OC(C)(C)C)sc5n2)n4CCCCO3)cn1. The molecule has 41 heavy (non-hydrogen) atoms. The van der Waals surface area contributed by atoms with Gasteiger partial charge in [-0.05, 0) is 69.9 Å². The third-order valence-corrected chi connectivity index (χ3v) is 7.66. The van der Waals surface area contributed by atoms with Crippen LogP contribution in [0.1, 0.15) is 53.0 Å². The predicted molar refractivity (Wildman–Crippen MR) is 157 cm³/mol. The molecule has 0 radical (unpaired) electrons. The third kappa shape index (κ3) is 5.39. The molecular formula is C29H31N7O4S.